The molecule has 98 valence electrons. The number of nitrogens with two attached hydrogens (primary N) is 1. The van der Waals surface area contributed by atoms with Crippen molar-refractivity contribution in [3.63, 3.8) is 0 Å². The lowest BCUT2D eigenvalue weighted by atomic mass is 10.1. The molecule has 4 heteroatoms. The Morgan fingerprint density at radius 3 is 1.88 bits per heavy atom. The van der Waals surface area contributed by atoms with E-state index in [1.54, 1.807) is 0 Å². The summed E-state index contributed by atoms with van der Waals surface area (Å²) in [6.07, 6.45) is 0. The Bertz CT molecular complexity index is 275. The molecule has 1 atom stereocenters. The van der Waals surface area contributed by atoms with Crippen LogP contribution in [0.1, 0.15) is 32.4 Å². The van der Waals surface area contributed by atoms with Crippen LogP contribution in [0, 0.1) is 0 Å². The summed E-state index contributed by atoms with van der Waals surface area (Å²) >= 11 is 0. The summed E-state index contributed by atoms with van der Waals surface area (Å²) in [5.41, 5.74) is 5.88. The SMILES string of the molecule is CC.CNC(C)c1ccccc1.CNC(N)=O. The molecule has 4 nitrogen and oxygen atoms in total. The largest absolute Gasteiger partial charge is 0.352 e. The Kier molecular flexibility index (Phi) is 13.1. The molecule has 0 heterocycles. The molecular formula is C13H25N3O. The van der Waals surface area contributed by atoms with Gasteiger partial charge in [0, 0.05) is 13.1 Å². The zero-order valence-corrected chi connectivity index (χ0v) is 11.4. The zero-order valence-electron chi connectivity index (χ0n) is 11.4. The molecule has 0 radical (unpaired) electrons. The van der Waals surface area contributed by atoms with E-state index < -0.39 is 6.03 Å². The second-order valence-corrected chi connectivity index (χ2v) is 3.04. The smallest absolute Gasteiger partial charge is 0.311 e. The van der Waals surface area contributed by atoms with Crippen molar-refractivity contribution in [2.24, 2.45) is 5.73 Å². The van der Waals surface area contributed by atoms with Crippen molar-refractivity contribution in [3.8, 4) is 0 Å². The summed E-state index contributed by atoms with van der Waals surface area (Å²) in [5.74, 6) is 0. The van der Waals surface area contributed by atoms with E-state index in [1.807, 2.05) is 27.0 Å². The van der Waals surface area contributed by atoms with E-state index in [0.717, 1.165) is 0 Å². The summed E-state index contributed by atoms with van der Waals surface area (Å²) in [6, 6.07) is 10.4. The van der Waals surface area contributed by atoms with E-state index in [0.29, 0.717) is 6.04 Å². The van der Waals surface area contributed by atoms with Gasteiger partial charge in [-0.3, -0.25) is 0 Å². The molecular weight excluding hydrogens is 214 g/mol. The van der Waals surface area contributed by atoms with Crippen LogP contribution >= 0.6 is 0 Å². The van der Waals surface area contributed by atoms with Gasteiger partial charge in [-0.1, -0.05) is 44.2 Å². The summed E-state index contributed by atoms with van der Waals surface area (Å²) in [5, 5.41) is 5.35. The van der Waals surface area contributed by atoms with E-state index in [-0.39, 0.29) is 0 Å². The number of primary amides is 1. The second kappa shape index (κ2) is 12.5. The Morgan fingerprint density at radius 1 is 1.18 bits per heavy atom. The van der Waals surface area contributed by atoms with Crippen molar-refractivity contribution < 1.29 is 4.79 Å². The van der Waals surface area contributed by atoms with Crippen molar-refractivity contribution in [1.82, 2.24) is 10.6 Å². The third kappa shape index (κ3) is 10.7. The molecule has 0 aliphatic carbocycles. The quantitative estimate of drug-likeness (QED) is 0.741. The van der Waals surface area contributed by atoms with Crippen LogP contribution in [-0.4, -0.2) is 20.1 Å². The maximum Gasteiger partial charge on any atom is 0.311 e. The van der Waals surface area contributed by atoms with Gasteiger partial charge in [-0.25, -0.2) is 4.79 Å². The van der Waals surface area contributed by atoms with Crippen molar-refractivity contribution in [3.05, 3.63) is 35.9 Å². The standard InChI is InChI=1S/C9H13N.C2H6N2O.C2H6/c1-8(10-2)9-6-4-3-5-7-9;1-4-2(3)5;1-2/h3-8,10H,1-2H3;1H3,(H3,3,4,5);1-2H3. The van der Waals surface area contributed by atoms with E-state index in [1.165, 1.54) is 12.6 Å². The van der Waals surface area contributed by atoms with Crippen molar-refractivity contribution in [2.45, 2.75) is 26.8 Å². The van der Waals surface area contributed by atoms with Gasteiger partial charge in [-0.15, -0.1) is 0 Å². The van der Waals surface area contributed by atoms with Gasteiger partial charge in [-0.2, -0.15) is 0 Å². The van der Waals surface area contributed by atoms with Crippen LogP contribution in [0.15, 0.2) is 30.3 Å². The van der Waals surface area contributed by atoms with Gasteiger partial charge < -0.3 is 16.4 Å². The lowest BCUT2D eigenvalue weighted by Gasteiger charge is -2.08. The van der Waals surface area contributed by atoms with Crippen LogP contribution < -0.4 is 16.4 Å². The van der Waals surface area contributed by atoms with Crippen LogP contribution in [0.5, 0.6) is 0 Å². The molecule has 0 saturated heterocycles. The molecule has 0 aliphatic rings. The van der Waals surface area contributed by atoms with Crippen molar-refractivity contribution in [1.29, 1.82) is 0 Å². The minimum atomic E-state index is -0.495. The van der Waals surface area contributed by atoms with E-state index in [4.69, 9.17) is 0 Å². The molecule has 2 amide bonds. The highest BCUT2D eigenvalue weighted by Crippen LogP contribution is 2.09. The van der Waals surface area contributed by atoms with Crippen LogP contribution in [0.4, 0.5) is 4.79 Å². The van der Waals surface area contributed by atoms with Gasteiger partial charge in [0.2, 0.25) is 0 Å². The van der Waals surface area contributed by atoms with Gasteiger partial charge >= 0.3 is 6.03 Å². The first-order chi connectivity index (χ1) is 8.11. The average molecular weight is 239 g/mol. The number of rotatable bonds is 2. The fraction of sp³-hybridized carbons (Fsp3) is 0.462. The number of carbonyl (C=O) groups is 1. The van der Waals surface area contributed by atoms with Gasteiger partial charge in [0.05, 0.1) is 0 Å². The van der Waals surface area contributed by atoms with Gasteiger partial charge in [-0.05, 0) is 19.5 Å². The highest BCUT2D eigenvalue weighted by atomic mass is 16.2. The molecule has 1 rings (SSSR count). The minimum absolute atomic E-state index is 0.459. The van der Waals surface area contributed by atoms with E-state index >= 15 is 0 Å². The van der Waals surface area contributed by atoms with E-state index in [9.17, 15) is 4.79 Å². The maximum atomic E-state index is 9.48. The molecule has 0 bridgehead atoms. The molecule has 1 aromatic rings. The second-order valence-electron chi connectivity index (χ2n) is 3.04. The number of hydrogen-bond acceptors (Lipinski definition) is 2. The summed E-state index contributed by atoms with van der Waals surface area (Å²) in [6.45, 7) is 6.15. The molecule has 4 N–H and O–H groups in total. The van der Waals surface area contributed by atoms with Crippen molar-refractivity contribution >= 4 is 6.03 Å². The van der Waals surface area contributed by atoms with Crippen LogP contribution in [0.3, 0.4) is 0 Å². The van der Waals surface area contributed by atoms with Crippen LogP contribution in [0.2, 0.25) is 0 Å². The van der Waals surface area contributed by atoms with Gasteiger partial charge in [0.15, 0.2) is 0 Å². The summed E-state index contributed by atoms with van der Waals surface area (Å²) in [7, 11) is 3.44. The first-order valence-electron chi connectivity index (χ1n) is 5.81. The molecule has 0 spiro atoms. The van der Waals surface area contributed by atoms with Crippen molar-refractivity contribution in [2.75, 3.05) is 14.1 Å². The third-order valence-electron chi connectivity index (χ3n) is 1.98. The normalized spacial score (nSPS) is 9.94. The first-order valence-corrected chi connectivity index (χ1v) is 5.81. The predicted octanol–water partition coefficient (Wildman–Crippen LogP) is 2.28. The summed E-state index contributed by atoms with van der Waals surface area (Å²) < 4.78 is 0. The number of benzene rings is 1. The van der Waals surface area contributed by atoms with Gasteiger partial charge in [0.1, 0.15) is 0 Å². The number of nitrogens with one attached hydrogen (secondary N) is 2. The molecule has 17 heavy (non-hydrogen) atoms. The number of amides is 2. The Hall–Kier alpha value is -1.55. The topological polar surface area (TPSA) is 67.2 Å². The fourth-order valence-corrected chi connectivity index (χ4v) is 0.908. The van der Waals surface area contributed by atoms with Crippen LogP contribution in [0.25, 0.3) is 0 Å². The first kappa shape index (κ1) is 17.8. The average Bonchev–Trinajstić information content (AvgIpc) is 2.41. The molecule has 1 aromatic carbocycles. The Morgan fingerprint density at radius 2 is 1.59 bits per heavy atom. The third-order valence-corrected chi connectivity index (χ3v) is 1.98. The minimum Gasteiger partial charge on any atom is -0.352 e. The molecule has 0 fully saturated rings. The lowest BCUT2D eigenvalue weighted by molar-refractivity contribution is 0.251. The van der Waals surface area contributed by atoms with Gasteiger partial charge in [0.25, 0.3) is 0 Å². The highest BCUT2D eigenvalue weighted by molar-refractivity contribution is 5.71. The molecule has 1 unspecified atom stereocenters. The molecule has 0 aromatic heterocycles. The Balaban J connectivity index is 0. The lowest BCUT2D eigenvalue weighted by Crippen LogP contribution is -2.24. The fourth-order valence-electron chi connectivity index (χ4n) is 0.908. The highest BCUT2D eigenvalue weighted by Gasteiger charge is 1.97. The summed E-state index contributed by atoms with van der Waals surface area (Å²) in [4.78, 5) is 9.48. The number of hydrogen-bond donors (Lipinski definition) is 3. The zero-order chi connectivity index (χ0) is 13.7. The Labute approximate surface area is 105 Å². The van der Waals surface area contributed by atoms with E-state index in [2.05, 4.69) is 47.6 Å². The predicted molar refractivity (Wildman–Crippen MR) is 73.9 cm³/mol. The number of urea groups is 1. The van der Waals surface area contributed by atoms with Crippen LogP contribution in [-0.2, 0) is 0 Å². The number of carbonyl (C=O) groups excluding carboxylic acids is 1. The maximum absolute atomic E-state index is 9.48. The monoisotopic (exact) mass is 239 g/mol. The molecule has 0 aliphatic heterocycles. The molecule has 0 saturated carbocycles.